The second kappa shape index (κ2) is 13.7. The van der Waals surface area contributed by atoms with E-state index in [2.05, 4.69) is 73.8 Å². The lowest BCUT2D eigenvalue weighted by atomic mass is 9.82. The van der Waals surface area contributed by atoms with Gasteiger partial charge in [0.2, 0.25) is 0 Å². The Morgan fingerprint density at radius 3 is 1.80 bits per heavy atom. The first-order valence-corrected chi connectivity index (χ1v) is 18.1. The highest BCUT2D eigenvalue weighted by atomic mass is 19.1. The molecule has 0 saturated heterocycles. The van der Waals surface area contributed by atoms with Crippen molar-refractivity contribution >= 4 is 17.6 Å². The molecule has 0 aliphatic heterocycles. The lowest BCUT2D eigenvalue weighted by molar-refractivity contribution is 0.628. The van der Waals surface area contributed by atoms with Gasteiger partial charge < -0.3 is 10.7 Å². The Hall–Kier alpha value is -7.12. The number of fused-ring (bicyclic) bond motifs is 3. The number of aromatic nitrogens is 4. The first-order valence-electron chi connectivity index (χ1n) is 18.1. The van der Waals surface area contributed by atoms with Gasteiger partial charge in [0.1, 0.15) is 5.82 Å². The van der Waals surface area contributed by atoms with Crippen LogP contribution in [0.15, 0.2) is 158 Å². The normalized spacial score (nSPS) is 12.5. The molecule has 8 aromatic rings. The third-order valence-corrected chi connectivity index (χ3v) is 10.4. The van der Waals surface area contributed by atoms with Gasteiger partial charge in [0.05, 0.1) is 17.1 Å². The molecule has 0 radical (unpaired) electrons. The molecule has 0 atom stereocenters. The lowest BCUT2D eigenvalue weighted by Gasteiger charge is -2.22. The molecule has 264 valence electrons. The fraction of sp³-hybridized carbons (Fsp3) is 0.0625. The second-order valence-electron chi connectivity index (χ2n) is 14.2. The number of benzene rings is 6. The van der Waals surface area contributed by atoms with Crippen molar-refractivity contribution in [1.29, 1.82) is 5.41 Å². The zero-order valence-electron chi connectivity index (χ0n) is 30.3. The SMILES string of the molecule is CC1(C)c2ccccc2-c2c1ccc(C=N)c2Nc1ccc(-c2cnc(-c3nc(-c4ccc(F)cc4)cc(-c4ccc(-c5ccccc5)cc4)n3)nc2)cc1. The smallest absolute Gasteiger partial charge is 0.198 e. The fourth-order valence-corrected chi connectivity index (χ4v) is 7.48. The number of nitrogens with one attached hydrogen (secondary N) is 2. The number of rotatable bonds is 8. The molecule has 6 nitrogen and oxygen atoms in total. The van der Waals surface area contributed by atoms with Crippen molar-refractivity contribution in [3.8, 4) is 67.5 Å². The Balaban J connectivity index is 1.01. The molecule has 2 heterocycles. The van der Waals surface area contributed by atoms with Gasteiger partial charge in [-0.1, -0.05) is 117 Å². The van der Waals surface area contributed by atoms with Crippen molar-refractivity contribution < 1.29 is 4.39 Å². The molecular weight excluding hydrogens is 680 g/mol. The highest BCUT2D eigenvalue weighted by molar-refractivity contribution is 6.00. The minimum absolute atomic E-state index is 0.137. The summed E-state index contributed by atoms with van der Waals surface area (Å²) in [5.74, 6) is 0.442. The van der Waals surface area contributed by atoms with Crippen LogP contribution in [0.5, 0.6) is 0 Å². The number of hydrogen-bond acceptors (Lipinski definition) is 6. The van der Waals surface area contributed by atoms with Crippen molar-refractivity contribution in [2.75, 3.05) is 5.32 Å². The van der Waals surface area contributed by atoms with Gasteiger partial charge in [-0.2, -0.15) is 0 Å². The Morgan fingerprint density at radius 1 is 0.564 bits per heavy atom. The molecule has 0 saturated carbocycles. The van der Waals surface area contributed by atoms with Crippen molar-refractivity contribution in [3.05, 3.63) is 180 Å². The average molecular weight is 715 g/mol. The van der Waals surface area contributed by atoms with Crippen LogP contribution in [-0.2, 0) is 5.41 Å². The summed E-state index contributed by atoms with van der Waals surface area (Å²) in [6, 6.07) is 47.5. The minimum Gasteiger partial charge on any atom is -0.354 e. The predicted molar refractivity (Wildman–Crippen MR) is 220 cm³/mol. The van der Waals surface area contributed by atoms with Crippen molar-refractivity contribution in [2.24, 2.45) is 0 Å². The van der Waals surface area contributed by atoms with Gasteiger partial charge in [-0.3, -0.25) is 0 Å². The molecule has 1 aliphatic carbocycles. The van der Waals surface area contributed by atoms with Crippen LogP contribution in [0.3, 0.4) is 0 Å². The molecule has 0 spiro atoms. The number of anilines is 2. The molecule has 0 amide bonds. The molecule has 2 N–H and O–H groups in total. The van der Waals surface area contributed by atoms with Crippen LogP contribution in [0.4, 0.5) is 15.8 Å². The van der Waals surface area contributed by atoms with E-state index in [9.17, 15) is 4.39 Å². The molecular formula is C48H35FN6. The van der Waals surface area contributed by atoms with E-state index >= 15 is 0 Å². The van der Waals surface area contributed by atoms with Gasteiger partial charge in [0, 0.05) is 57.5 Å². The lowest BCUT2D eigenvalue weighted by Crippen LogP contribution is -2.15. The zero-order chi connectivity index (χ0) is 37.5. The highest BCUT2D eigenvalue weighted by Crippen LogP contribution is 2.52. The van der Waals surface area contributed by atoms with Crippen LogP contribution < -0.4 is 5.32 Å². The summed E-state index contributed by atoms with van der Waals surface area (Å²) in [4.78, 5) is 19.2. The molecule has 9 rings (SSSR count). The summed E-state index contributed by atoms with van der Waals surface area (Å²) in [6.07, 6.45) is 4.97. The van der Waals surface area contributed by atoms with Crippen molar-refractivity contribution in [3.63, 3.8) is 0 Å². The van der Waals surface area contributed by atoms with Gasteiger partial charge in [-0.15, -0.1) is 0 Å². The van der Waals surface area contributed by atoms with Crippen molar-refractivity contribution in [2.45, 2.75) is 19.3 Å². The van der Waals surface area contributed by atoms with Gasteiger partial charge in [-0.05, 0) is 75.8 Å². The van der Waals surface area contributed by atoms with E-state index in [1.54, 1.807) is 24.5 Å². The predicted octanol–water partition coefficient (Wildman–Crippen LogP) is 11.8. The number of hydrogen-bond donors (Lipinski definition) is 2. The van der Waals surface area contributed by atoms with Crippen LogP contribution in [0.1, 0.15) is 30.5 Å². The van der Waals surface area contributed by atoms with E-state index in [-0.39, 0.29) is 11.2 Å². The largest absolute Gasteiger partial charge is 0.354 e. The maximum atomic E-state index is 13.9. The van der Waals surface area contributed by atoms with Crippen LogP contribution in [-0.4, -0.2) is 26.2 Å². The van der Waals surface area contributed by atoms with Crippen LogP contribution in [0.2, 0.25) is 0 Å². The Bertz CT molecular complexity index is 2690. The first kappa shape index (κ1) is 33.7. The fourth-order valence-electron chi connectivity index (χ4n) is 7.48. The third-order valence-electron chi connectivity index (χ3n) is 10.4. The van der Waals surface area contributed by atoms with Crippen LogP contribution in [0, 0.1) is 11.2 Å². The molecule has 2 aromatic heterocycles. The van der Waals surface area contributed by atoms with Gasteiger partial charge in [0.15, 0.2) is 11.6 Å². The van der Waals surface area contributed by atoms with Gasteiger partial charge in [0.25, 0.3) is 0 Å². The van der Waals surface area contributed by atoms with E-state index in [1.165, 1.54) is 35.0 Å². The topological polar surface area (TPSA) is 87.4 Å². The van der Waals surface area contributed by atoms with Crippen LogP contribution >= 0.6 is 0 Å². The van der Waals surface area contributed by atoms with Gasteiger partial charge in [-0.25, -0.2) is 24.3 Å². The summed E-state index contributed by atoms with van der Waals surface area (Å²) in [7, 11) is 0. The number of nitrogens with zero attached hydrogens (tertiary/aromatic N) is 4. The Morgan fingerprint density at radius 2 is 1.13 bits per heavy atom. The van der Waals surface area contributed by atoms with E-state index in [4.69, 9.17) is 25.3 Å². The molecule has 7 heteroatoms. The summed E-state index contributed by atoms with van der Waals surface area (Å²) < 4.78 is 13.9. The molecule has 6 aromatic carbocycles. The standard InChI is InChI=1S/C48H35FN6/c1-48(2)40-11-7-6-10-39(40)44-41(48)25-20-35(27-50)45(44)53-38-23-18-32(19-24-38)36-28-51-46(52-29-36)47-54-42(26-43(55-47)34-16-21-37(49)22-17-34)33-14-12-31(13-15-33)30-8-4-3-5-9-30/h3-29,50,53H,1-2H3. The van der Waals surface area contributed by atoms with Gasteiger partial charge >= 0.3 is 0 Å². The number of halogens is 1. The second-order valence-corrected chi connectivity index (χ2v) is 14.2. The third kappa shape index (κ3) is 6.25. The Labute approximate surface area is 319 Å². The molecule has 0 fully saturated rings. The van der Waals surface area contributed by atoms with E-state index in [0.29, 0.717) is 23.0 Å². The Kier molecular flexibility index (Phi) is 8.39. The monoisotopic (exact) mass is 714 g/mol. The minimum atomic E-state index is -0.313. The molecule has 0 unspecified atom stereocenters. The summed E-state index contributed by atoms with van der Waals surface area (Å²) in [5.41, 5.74) is 14.5. The van der Waals surface area contributed by atoms with E-state index in [0.717, 1.165) is 55.9 Å². The molecule has 55 heavy (non-hydrogen) atoms. The first-order chi connectivity index (χ1) is 26.9. The van der Waals surface area contributed by atoms with Crippen LogP contribution in [0.25, 0.3) is 67.5 Å². The maximum absolute atomic E-state index is 13.9. The van der Waals surface area contributed by atoms with Crippen molar-refractivity contribution in [1.82, 2.24) is 19.9 Å². The molecule has 1 aliphatic rings. The maximum Gasteiger partial charge on any atom is 0.198 e. The summed E-state index contributed by atoms with van der Waals surface area (Å²) >= 11 is 0. The van der Waals surface area contributed by atoms with E-state index in [1.807, 2.05) is 66.7 Å². The summed E-state index contributed by atoms with van der Waals surface area (Å²) in [6.45, 7) is 4.51. The average Bonchev–Trinajstić information content (AvgIpc) is 3.48. The quantitative estimate of drug-likeness (QED) is 0.153. The molecule has 0 bridgehead atoms. The summed E-state index contributed by atoms with van der Waals surface area (Å²) in [5, 5.41) is 11.8. The highest BCUT2D eigenvalue weighted by Gasteiger charge is 2.37. The zero-order valence-corrected chi connectivity index (χ0v) is 30.3. The van der Waals surface area contributed by atoms with E-state index < -0.39 is 0 Å².